The first kappa shape index (κ1) is 38.0. The fourth-order valence-corrected chi connectivity index (χ4v) is 4.98. The van der Waals surface area contributed by atoms with Gasteiger partial charge in [-0.3, -0.25) is 19.2 Å². The maximum absolute atomic E-state index is 13.3. The van der Waals surface area contributed by atoms with E-state index < -0.39 is 30.1 Å². The van der Waals surface area contributed by atoms with Gasteiger partial charge in [-0.1, -0.05) is 105 Å². The number of hydrogen-bond acceptors (Lipinski definition) is 6. The second kappa shape index (κ2) is 20.0. The number of aliphatic carboxylic acids is 1. The van der Waals surface area contributed by atoms with E-state index in [4.69, 9.17) is 15.6 Å². The Labute approximate surface area is 287 Å². The van der Waals surface area contributed by atoms with Gasteiger partial charge in [-0.05, 0) is 59.7 Å². The topological polar surface area (TPSA) is 168 Å². The molecule has 0 aromatic heterocycles. The van der Waals surface area contributed by atoms with Crippen LogP contribution in [0.2, 0.25) is 0 Å². The molecule has 3 atom stereocenters. The van der Waals surface area contributed by atoms with E-state index in [-0.39, 0.29) is 37.0 Å². The van der Waals surface area contributed by atoms with Crippen LogP contribution < -0.4 is 21.1 Å². The van der Waals surface area contributed by atoms with Gasteiger partial charge in [-0.25, -0.2) is 0 Å². The van der Waals surface area contributed by atoms with Gasteiger partial charge in [0.2, 0.25) is 17.7 Å². The van der Waals surface area contributed by atoms with Gasteiger partial charge in [-0.2, -0.15) is 0 Å². The van der Waals surface area contributed by atoms with E-state index in [1.54, 1.807) is 18.2 Å². The summed E-state index contributed by atoms with van der Waals surface area (Å²) in [6, 6.07) is 33.8. The minimum Gasteiger partial charge on any atom is -0.481 e. The third-order valence-electron chi connectivity index (χ3n) is 7.47. The van der Waals surface area contributed by atoms with Crippen molar-refractivity contribution in [3.05, 3.63) is 132 Å². The van der Waals surface area contributed by atoms with Gasteiger partial charge in [0.15, 0.2) is 0 Å². The third-order valence-corrected chi connectivity index (χ3v) is 7.47. The molecule has 6 N–H and O–H groups in total. The molecule has 0 spiro atoms. The average molecular weight is 668 g/mol. The molecule has 0 heterocycles. The molecule has 0 radical (unpaired) electrons. The molecule has 0 bridgehead atoms. The van der Waals surface area contributed by atoms with Crippen molar-refractivity contribution in [2.24, 2.45) is 11.7 Å². The van der Waals surface area contributed by atoms with E-state index in [9.17, 15) is 24.3 Å². The fourth-order valence-electron chi connectivity index (χ4n) is 4.98. The highest BCUT2D eigenvalue weighted by Gasteiger charge is 2.29. The van der Waals surface area contributed by atoms with Gasteiger partial charge in [0.1, 0.15) is 17.5 Å². The van der Waals surface area contributed by atoms with Crippen LogP contribution in [0, 0.1) is 5.92 Å². The SMILES string of the molecule is CC(C)C(NC(=O)Cc1cccc(Oc2ccccc2)c1)C(=O)N[C@@H](Cc1ccccc1)[C@@H](O)CCC(=O)O.NC(=O)Cc1ccccc1. The highest BCUT2D eigenvalue weighted by molar-refractivity contribution is 5.88. The molecule has 4 aromatic rings. The fraction of sp³-hybridized carbons (Fsp3) is 0.282. The predicted molar refractivity (Wildman–Crippen MR) is 188 cm³/mol. The van der Waals surface area contributed by atoms with Crippen LogP contribution >= 0.6 is 0 Å². The van der Waals surface area contributed by atoms with E-state index in [0.717, 1.165) is 16.7 Å². The molecular weight excluding hydrogens is 622 g/mol. The number of hydrogen-bond donors (Lipinski definition) is 5. The summed E-state index contributed by atoms with van der Waals surface area (Å²) in [6.45, 7) is 3.65. The maximum atomic E-state index is 13.3. The Morgan fingerprint density at radius 2 is 1.27 bits per heavy atom. The number of ether oxygens (including phenoxy) is 1. The number of rotatable bonds is 16. The number of para-hydroxylation sites is 1. The zero-order valence-corrected chi connectivity index (χ0v) is 27.8. The zero-order chi connectivity index (χ0) is 35.6. The van der Waals surface area contributed by atoms with Gasteiger partial charge in [0, 0.05) is 6.42 Å². The number of aliphatic hydroxyl groups excluding tert-OH is 1. The van der Waals surface area contributed by atoms with E-state index in [1.165, 1.54) is 0 Å². The molecule has 0 saturated heterocycles. The van der Waals surface area contributed by atoms with Gasteiger partial charge >= 0.3 is 5.97 Å². The summed E-state index contributed by atoms with van der Waals surface area (Å²) in [5, 5.41) is 25.4. The molecule has 0 aliphatic heterocycles. The van der Waals surface area contributed by atoms with Gasteiger partial charge in [0.05, 0.1) is 25.0 Å². The molecule has 49 heavy (non-hydrogen) atoms. The van der Waals surface area contributed by atoms with Crippen LogP contribution in [0.4, 0.5) is 0 Å². The van der Waals surface area contributed by atoms with Crippen molar-refractivity contribution in [1.29, 1.82) is 0 Å². The lowest BCUT2D eigenvalue weighted by Gasteiger charge is -2.28. The van der Waals surface area contributed by atoms with Crippen LogP contribution in [0.15, 0.2) is 115 Å². The Kier molecular flexibility index (Phi) is 15.5. The van der Waals surface area contributed by atoms with Crippen molar-refractivity contribution in [1.82, 2.24) is 10.6 Å². The van der Waals surface area contributed by atoms with Crippen LogP contribution in [-0.4, -0.2) is 52.1 Å². The Morgan fingerprint density at radius 3 is 1.84 bits per heavy atom. The molecule has 0 aliphatic carbocycles. The third kappa shape index (κ3) is 14.4. The lowest BCUT2D eigenvalue weighted by atomic mass is 9.96. The summed E-state index contributed by atoms with van der Waals surface area (Å²) in [7, 11) is 0. The van der Waals surface area contributed by atoms with Crippen LogP contribution in [0.3, 0.4) is 0 Å². The zero-order valence-electron chi connectivity index (χ0n) is 27.8. The van der Waals surface area contributed by atoms with E-state index in [1.807, 2.05) is 111 Å². The molecule has 1 unspecified atom stereocenters. The van der Waals surface area contributed by atoms with E-state index in [2.05, 4.69) is 10.6 Å². The number of nitrogens with two attached hydrogens (primary N) is 1. The summed E-state index contributed by atoms with van der Waals surface area (Å²) in [4.78, 5) is 47.7. The van der Waals surface area contributed by atoms with Crippen molar-refractivity contribution in [2.45, 2.75) is 64.1 Å². The first-order chi connectivity index (χ1) is 23.5. The number of benzene rings is 4. The molecular formula is C39H45N3O7. The number of carbonyl (C=O) groups excluding carboxylic acids is 3. The Bertz CT molecular complexity index is 1620. The summed E-state index contributed by atoms with van der Waals surface area (Å²) < 4.78 is 5.85. The normalized spacial score (nSPS) is 12.4. The van der Waals surface area contributed by atoms with Crippen molar-refractivity contribution < 1.29 is 34.1 Å². The minimum absolute atomic E-state index is 0.00674. The minimum atomic E-state index is -1.07. The highest BCUT2D eigenvalue weighted by atomic mass is 16.5. The number of nitrogens with one attached hydrogen (secondary N) is 2. The number of amides is 3. The molecule has 10 heteroatoms. The maximum Gasteiger partial charge on any atom is 0.303 e. The Balaban J connectivity index is 0.000000555. The lowest BCUT2D eigenvalue weighted by Crippen LogP contribution is -2.55. The van der Waals surface area contributed by atoms with Crippen molar-refractivity contribution in [3.63, 3.8) is 0 Å². The first-order valence-electron chi connectivity index (χ1n) is 16.2. The number of aliphatic hydroxyl groups is 1. The smallest absolute Gasteiger partial charge is 0.303 e. The summed E-state index contributed by atoms with van der Waals surface area (Å²) in [5.74, 6) is -1.01. The molecule has 10 nitrogen and oxygen atoms in total. The molecule has 0 aliphatic rings. The van der Waals surface area contributed by atoms with Crippen molar-refractivity contribution in [3.8, 4) is 11.5 Å². The largest absolute Gasteiger partial charge is 0.481 e. The van der Waals surface area contributed by atoms with Gasteiger partial charge in [-0.15, -0.1) is 0 Å². The summed E-state index contributed by atoms with van der Waals surface area (Å²) in [5.41, 5.74) is 7.57. The predicted octanol–water partition coefficient (Wildman–Crippen LogP) is 4.83. The van der Waals surface area contributed by atoms with Crippen LogP contribution in [0.1, 0.15) is 43.4 Å². The number of carbonyl (C=O) groups is 4. The van der Waals surface area contributed by atoms with Crippen LogP contribution in [-0.2, 0) is 38.4 Å². The monoisotopic (exact) mass is 667 g/mol. The Morgan fingerprint density at radius 1 is 0.714 bits per heavy atom. The summed E-state index contributed by atoms with van der Waals surface area (Å²) in [6.07, 6.45) is -0.591. The second-order valence-electron chi connectivity index (χ2n) is 12.0. The number of primary amides is 1. The van der Waals surface area contributed by atoms with Crippen LogP contribution in [0.5, 0.6) is 11.5 Å². The molecule has 258 valence electrons. The standard InChI is InChI=1S/C31H36N2O6.C8H9NO/c1-21(2)30(31(38)32-26(27(34)16-17-29(36)37)19-22-10-5-3-6-11-22)33-28(35)20-23-12-9-15-25(18-23)39-24-13-7-4-8-14-24;9-8(10)6-7-4-2-1-3-5-7/h3-15,18,21,26-27,30,34H,16-17,19-20H2,1-2H3,(H,32,38)(H,33,35)(H,36,37);1-5H,6H2,(H2,9,10)/t26-,27-,30?;/m0./s1. The van der Waals surface area contributed by atoms with E-state index >= 15 is 0 Å². The summed E-state index contributed by atoms with van der Waals surface area (Å²) >= 11 is 0. The first-order valence-corrected chi connectivity index (χ1v) is 16.2. The molecule has 4 rings (SSSR count). The van der Waals surface area contributed by atoms with E-state index in [0.29, 0.717) is 24.3 Å². The van der Waals surface area contributed by atoms with Crippen molar-refractivity contribution >= 4 is 23.7 Å². The van der Waals surface area contributed by atoms with Crippen molar-refractivity contribution in [2.75, 3.05) is 0 Å². The lowest BCUT2D eigenvalue weighted by molar-refractivity contribution is -0.137. The average Bonchev–Trinajstić information content (AvgIpc) is 3.07. The molecule has 4 aromatic carbocycles. The second-order valence-corrected chi connectivity index (χ2v) is 12.0. The quantitative estimate of drug-likeness (QED) is 0.114. The van der Waals surface area contributed by atoms with Gasteiger partial charge in [0.25, 0.3) is 0 Å². The molecule has 0 fully saturated rings. The molecule has 0 saturated carbocycles. The molecule has 3 amide bonds. The number of carboxylic acid groups (broad SMARTS) is 1. The Hall–Kier alpha value is -5.48. The highest BCUT2D eigenvalue weighted by Crippen LogP contribution is 2.22. The van der Waals surface area contributed by atoms with Gasteiger partial charge < -0.3 is 31.3 Å². The number of carboxylic acids is 1. The van der Waals surface area contributed by atoms with Crippen LogP contribution in [0.25, 0.3) is 0 Å².